The molecule has 0 amide bonds. The van der Waals surface area contributed by atoms with E-state index in [1.165, 1.54) is 18.2 Å². The first-order chi connectivity index (χ1) is 13.9. The Morgan fingerprint density at radius 2 is 1.67 bits per heavy atom. The molecule has 0 saturated carbocycles. The molecule has 0 aromatic carbocycles. The lowest BCUT2D eigenvalue weighted by Gasteiger charge is -2.32. The summed E-state index contributed by atoms with van der Waals surface area (Å²) in [7, 11) is 0. The Hall–Kier alpha value is -2.20. The first kappa shape index (κ1) is 25.8. The molecule has 2 aromatic rings. The number of morpholine rings is 2. The van der Waals surface area contributed by atoms with E-state index in [0.29, 0.717) is 11.9 Å². The molecule has 4 heterocycles. The Morgan fingerprint density at radius 1 is 1.00 bits per heavy atom. The summed E-state index contributed by atoms with van der Waals surface area (Å²) in [5.74, 6) is 1.19. The predicted molar refractivity (Wildman–Crippen MR) is 120 cm³/mol. The van der Waals surface area contributed by atoms with Gasteiger partial charge in [0.1, 0.15) is 17.5 Å². The van der Waals surface area contributed by atoms with Gasteiger partial charge < -0.3 is 31.2 Å². The fourth-order valence-corrected chi connectivity index (χ4v) is 2.76. The molecule has 30 heavy (non-hydrogen) atoms. The highest BCUT2D eigenvalue weighted by atomic mass is 35.5. The number of ether oxygens (including phenoxy) is 2. The van der Waals surface area contributed by atoms with Crippen molar-refractivity contribution in [2.24, 2.45) is 0 Å². The topological polar surface area (TPSA) is 112 Å². The van der Waals surface area contributed by atoms with Crippen molar-refractivity contribution in [2.45, 2.75) is 26.1 Å². The normalized spacial score (nSPS) is 20.6. The van der Waals surface area contributed by atoms with E-state index in [2.05, 4.69) is 34.0 Å². The van der Waals surface area contributed by atoms with Crippen molar-refractivity contribution in [2.75, 3.05) is 55.8 Å². The summed E-state index contributed by atoms with van der Waals surface area (Å²) in [6, 6.07) is 10.00. The minimum absolute atomic E-state index is 0. The summed E-state index contributed by atoms with van der Waals surface area (Å²) in [5.41, 5.74) is 10.7. The predicted octanol–water partition coefficient (Wildman–Crippen LogP) is 2.11. The second kappa shape index (κ2) is 13.9. The highest BCUT2D eigenvalue weighted by Crippen LogP contribution is 2.15. The van der Waals surface area contributed by atoms with Crippen molar-refractivity contribution in [1.29, 1.82) is 0 Å². The smallest absolute Gasteiger partial charge is 0.214 e. The molecule has 0 spiro atoms. The molecule has 2 saturated heterocycles. The van der Waals surface area contributed by atoms with Crippen molar-refractivity contribution < 1.29 is 13.9 Å². The minimum Gasteiger partial charge on any atom is -0.384 e. The van der Waals surface area contributed by atoms with E-state index in [1.54, 1.807) is 6.07 Å². The Kier molecular flexibility index (Phi) is 12.0. The molecular formula is C20H32ClFN6O2. The number of nitrogen functional groups attached to an aromatic ring is 2. The van der Waals surface area contributed by atoms with E-state index >= 15 is 0 Å². The Labute approximate surface area is 183 Å². The van der Waals surface area contributed by atoms with E-state index in [4.69, 9.17) is 20.9 Å². The van der Waals surface area contributed by atoms with E-state index in [1.807, 2.05) is 12.1 Å². The monoisotopic (exact) mass is 442 g/mol. The van der Waals surface area contributed by atoms with Gasteiger partial charge in [0.2, 0.25) is 5.95 Å². The highest BCUT2D eigenvalue weighted by molar-refractivity contribution is 5.85. The number of nitrogens with two attached hydrogens (primary N) is 2. The van der Waals surface area contributed by atoms with Crippen LogP contribution in [0.4, 0.5) is 21.8 Å². The molecule has 2 fully saturated rings. The van der Waals surface area contributed by atoms with Crippen LogP contribution in [-0.4, -0.2) is 61.6 Å². The maximum absolute atomic E-state index is 12.0. The van der Waals surface area contributed by atoms with Crippen LogP contribution in [0.3, 0.4) is 0 Å². The summed E-state index contributed by atoms with van der Waals surface area (Å²) in [4.78, 5) is 9.76. The standard InChI is InChI=1S/C10H15N3O.C5H5FN2.C5H11NO.ClH/c1-8-7-13(5-6-14-8)10-4-2-3-9(11)12-10;6-4-2-1-3-5(7)8-4;1-5-4-6-2-3-7-5;/h2-4,8H,5-7H2,1H3,(H2,11,12);1-3H,(H2,7,8);5-6H,2-4H2,1H3;1H/t8-;;5-;/m1.1./s1. The van der Waals surface area contributed by atoms with E-state index in [9.17, 15) is 4.39 Å². The van der Waals surface area contributed by atoms with Gasteiger partial charge in [0, 0.05) is 26.2 Å². The molecule has 10 heteroatoms. The SMILES string of the molecule is C[C@@H]1CN(c2cccc(N)n2)CCO1.C[C@@H]1CNCCO1.Cl.Nc1cccc(F)n1. The van der Waals surface area contributed by atoms with Gasteiger partial charge in [-0.15, -0.1) is 12.4 Å². The van der Waals surface area contributed by atoms with Gasteiger partial charge >= 0.3 is 0 Å². The summed E-state index contributed by atoms with van der Waals surface area (Å²) < 4.78 is 22.7. The zero-order valence-electron chi connectivity index (χ0n) is 17.5. The number of hydrogen-bond acceptors (Lipinski definition) is 8. The third-order valence-corrected chi connectivity index (χ3v) is 4.17. The largest absolute Gasteiger partial charge is 0.384 e. The van der Waals surface area contributed by atoms with Gasteiger partial charge in [-0.25, -0.2) is 9.97 Å². The molecule has 5 N–H and O–H groups in total. The van der Waals surface area contributed by atoms with Gasteiger partial charge in [-0.3, -0.25) is 0 Å². The van der Waals surface area contributed by atoms with Gasteiger partial charge in [-0.1, -0.05) is 12.1 Å². The zero-order chi connectivity index (χ0) is 21.1. The summed E-state index contributed by atoms with van der Waals surface area (Å²) >= 11 is 0. The van der Waals surface area contributed by atoms with Crippen LogP contribution in [0.15, 0.2) is 36.4 Å². The van der Waals surface area contributed by atoms with Gasteiger partial charge in [0.05, 0.1) is 25.4 Å². The minimum atomic E-state index is -0.537. The fraction of sp³-hybridized carbons (Fsp3) is 0.500. The second-order valence-electron chi connectivity index (χ2n) is 6.82. The maximum atomic E-state index is 12.0. The second-order valence-corrected chi connectivity index (χ2v) is 6.82. The number of nitrogens with zero attached hydrogens (tertiary/aromatic N) is 3. The summed E-state index contributed by atoms with van der Waals surface area (Å²) in [6.07, 6.45) is 0.695. The zero-order valence-corrected chi connectivity index (χ0v) is 18.3. The Bertz CT molecular complexity index is 719. The summed E-state index contributed by atoms with van der Waals surface area (Å²) in [5, 5.41) is 3.21. The van der Waals surface area contributed by atoms with Crippen LogP contribution in [0.5, 0.6) is 0 Å². The molecule has 8 nitrogen and oxygen atoms in total. The number of aromatic nitrogens is 2. The van der Waals surface area contributed by atoms with E-state index < -0.39 is 5.95 Å². The molecule has 2 aromatic heterocycles. The van der Waals surface area contributed by atoms with Crippen LogP contribution in [0, 0.1) is 5.95 Å². The lowest BCUT2D eigenvalue weighted by Crippen LogP contribution is -2.41. The van der Waals surface area contributed by atoms with Gasteiger partial charge in [-0.2, -0.15) is 4.39 Å². The van der Waals surface area contributed by atoms with E-state index in [-0.39, 0.29) is 24.3 Å². The number of pyridine rings is 2. The van der Waals surface area contributed by atoms with Gasteiger partial charge in [-0.05, 0) is 38.1 Å². The molecule has 2 atom stereocenters. The number of rotatable bonds is 1. The average Bonchev–Trinajstić information content (AvgIpc) is 2.69. The molecular weight excluding hydrogens is 411 g/mol. The molecule has 0 unspecified atom stereocenters. The Balaban J connectivity index is 0.000000241. The van der Waals surface area contributed by atoms with Crippen LogP contribution < -0.4 is 21.7 Å². The van der Waals surface area contributed by atoms with Crippen molar-refractivity contribution in [3.8, 4) is 0 Å². The number of anilines is 3. The van der Waals surface area contributed by atoms with Gasteiger partial charge in [0.25, 0.3) is 0 Å². The van der Waals surface area contributed by atoms with Crippen LogP contribution >= 0.6 is 12.4 Å². The number of hydrogen-bond donors (Lipinski definition) is 3. The molecule has 2 aliphatic rings. The first-order valence-corrected chi connectivity index (χ1v) is 9.73. The first-order valence-electron chi connectivity index (χ1n) is 9.73. The molecule has 4 rings (SSSR count). The molecule has 0 aliphatic carbocycles. The molecule has 168 valence electrons. The molecule has 0 radical (unpaired) electrons. The van der Waals surface area contributed by atoms with Gasteiger partial charge in [0.15, 0.2) is 0 Å². The third kappa shape index (κ3) is 10.0. The average molecular weight is 443 g/mol. The number of nitrogens with one attached hydrogen (secondary N) is 1. The lowest BCUT2D eigenvalue weighted by atomic mass is 10.3. The summed E-state index contributed by atoms with van der Waals surface area (Å²) in [6.45, 7) is 9.59. The van der Waals surface area contributed by atoms with Crippen LogP contribution in [0.25, 0.3) is 0 Å². The lowest BCUT2D eigenvalue weighted by molar-refractivity contribution is 0.0410. The Morgan fingerprint density at radius 3 is 2.13 bits per heavy atom. The molecule has 0 bridgehead atoms. The third-order valence-electron chi connectivity index (χ3n) is 4.17. The van der Waals surface area contributed by atoms with Crippen molar-refractivity contribution >= 4 is 29.9 Å². The van der Waals surface area contributed by atoms with Crippen molar-refractivity contribution in [1.82, 2.24) is 15.3 Å². The fourth-order valence-electron chi connectivity index (χ4n) is 2.76. The quantitative estimate of drug-likeness (QED) is 0.576. The van der Waals surface area contributed by atoms with Crippen LogP contribution in [0.2, 0.25) is 0 Å². The number of halogens is 2. The van der Waals surface area contributed by atoms with Crippen molar-refractivity contribution in [3.05, 3.63) is 42.3 Å². The highest BCUT2D eigenvalue weighted by Gasteiger charge is 2.17. The maximum Gasteiger partial charge on any atom is 0.214 e. The van der Waals surface area contributed by atoms with Crippen LogP contribution in [0.1, 0.15) is 13.8 Å². The molecule has 2 aliphatic heterocycles. The van der Waals surface area contributed by atoms with Crippen molar-refractivity contribution in [3.63, 3.8) is 0 Å². The van der Waals surface area contributed by atoms with Crippen LogP contribution in [-0.2, 0) is 9.47 Å². The van der Waals surface area contributed by atoms with E-state index in [0.717, 1.165) is 45.2 Å².